The second kappa shape index (κ2) is 8.97. The molecule has 3 aromatic rings. The summed E-state index contributed by atoms with van der Waals surface area (Å²) in [6.07, 6.45) is 1.53. The molecule has 2 amide bonds. The first-order valence-electron chi connectivity index (χ1n) is 8.59. The van der Waals surface area contributed by atoms with Crippen LogP contribution in [0.3, 0.4) is 0 Å². The van der Waals surface area contributed by atoms with Crippen molar-refractivity contribution in [2.75, 3.05) is 5.32 Å². The molecule has 0 aromatic heterocycles. The highest BCUT2D eigenvalue weighted by Crippen LogP contribution is 2.14. The summed E-state index contributed by atoms with van der Waals surface area (Å²) >= 11 is 5.82. The molecule has 0 saturated carbocycles. The quantitative estimate of drug-likeness (QED) is 0.490. The maximum atomic E-state index is 12.3. The average Bonchev–Trinajstić information content (AvgIpc) is 2.70. The Balaban J connectivity index is 1.59. The van der Waals surface area contributed by atoms with E-state index in [1.807, 2.05) is 25.1 Å². The van der Waals surface area contributed by atoms with Gasteiger partial charge in [-0.3, -0.25) is 9.59 Å². The van der Waals surface area contributed by atoms with Crippen molar-refractivity contribution < 1.29 is 9.59 Å². The van der Waals surface area contributed by atoms with E-state index in [0.717, 1.165) is 11.1 Å². The highest BCUT2D eigenvalue weighted by atomic mass is 35.5. The number of hydrazone groups is 1. The molecule has 0 spiro atoms. The largest absolute Gasteiger partial charge is 0.322 e. The summed E-state index contributed by atoms with van der Waals surface area (Å²) in [5.41, 5.74) is 5.83. The number of hydrogen-bond donors (Lipinski definition) is 2. The van der Waals surface area contributed by atoms with Gasteiger partial charge < -0.3 is 5.32 Å². The molecule has 0 unspecified atom stereocenters. The van der Waals surface area contributed by atoms with E-state index >= 15 is 0 Å². The first kappa shape index (κ1) is 19.3. The van der Waals surface area contributed by atoms with E-state index in [1.165, 1.54) is 6.21 Å². The molecule has 2 N–H and O–H groups in total. The molecule has 28 heavy (non-hydrogen) atoms. The molecule has 0 heterocycles. The van der Waals surface area contributed by atoms with E-state index in [1.54, 1.807) is 54.6 Å². The zero-order valence-electron chi connectivity index (χ0n) is 15.1. The summed E-state index contributed by atoms with van der Waals surface area (Å²) in [6.45, 7) is 1.88. The van der Waals surface area contributed by atoms with Gasteiger partial charge in [0, 0.05) is 21.8 Å². The Labute approximate surface area is 168 Å². The van der Waals surface area contributed by atoms with Crippen LogP contribution in [0.4, 0.5) is 5.69 Å². The van der Waals surface area contributed by atoms with Crippen LogP contribution in [-0.4, -0.2) is 18.0 Å². The number of carbonyl (C=O) groups is 2. The molecule has 0 aliphatic rings. The summed E-state index contributed by atoms with van der Waals surface area (Å²) in [7, 11) is 0. The molecule has 0 aliphatic heterocycles. The van der Waals surface area contributed by atoms with Crippen molar-refractivity contribution in [1.29, 1.82) is 0 Å². The molecule has 6 heteroatoms. The van der Waals surface area contributed by atoms with Crippen LogP contribution < -0.4 is 10.7 Å². The SMILES string of the molecule is Cc1ccccc1C(=O)Nc1ccc(C(=O)N/N=C\c2ccc(Cl)cc2)cc1. The van der Waals surface area contributed by atoms with Gasteiger partial charge in [-0.05, 0) is 60.5 Å². The molecule has 3 aromatic carbocycles. The molecule has 0 bridgehead atoms. The number of anilines is 1. The van der Waals surface area contributed by atoms with Crippen LogP contribution in [0, 0.1) is 6.92 Å². The zero-order chi connectivity index (χ0) is 19.9. The van der Waals surface area contributed by atoms with Crippen molar-refractivity contribution in [2.45, 2.75) is 6.92 Å². The number of carbonyl (C=O) groups excluding carboxylic acids is 2. The fraction of sp³-hybridized carbons (Fsp3) is 0.0455. The Morgan fingerprint density at radius 1 is 0.893 bits per heavy atom. The highest BCUT2D eigenvalue weighted by Gasteiger charge is 2.09. The predicted octanol–water partition coefficient (Wildman–Crippen LogP) is 4.66. The molecule has 0 saturated heterocycles. The third kappa shape index (κ3) is 5.05. The molecule has 0 radical (unpaired) electrons. The topological polar surface area (TPSA) is 70.6 Å². The van der Waals surface area contributed by atoms with Gasteiger partial charge in [0.15, 0.2) is 0 Å². The lowest BCUT2D eigenvalue weighted by Gasteiger charge is -2.08. The number of nitrogens with zero attached hydrogens (tertiary/aromatic N) is 1. The smallest absolute Gasteiger partial charge is 0.271 e. The minimum atomic E-state index is -0.345. The van der Waals surface area contributed by atoms with Gasteiger partial charge in [0.25, 0.3) is 11.8 Å². The second-order valence-electron chi connectivity index (χ2n) is 6.10. The van der Waals surface area contributed by atoms with Gasteiger partial charge in [0.2, 0.25) is 0 Å². The van der Waals surface area contributed by atoms with Crippen LogP contribution >= 0.6 is 11.6 Å². The van der Waals surface area contributed by atoms with Gasteiger partial charge in [-0.2, -0.15) is 5.10 Å². The fourth-order valence-corrected chi connectivity index (χ4v) is 2.64. The average molecular weight is 392 g/mol. The minimum absolute atomic E-state index is 0.192. The molecule has 0 aliphatic carbocycles. The molecule has 5 nitrogen and oxygen atoms in total. The molecule has 0 fully saturated rings. The highest BCUT2D eigenvalue weighted by molar-refractivity contribution is 6.30. The van der Waals surface area contributed by atoms with Crippen LogP contribution in [0.1, 0.15) is 31.8 Å². The monoisotopic (exact) mass is 391 g/mol. The van der Waals surface area contributed by atoms with E-state index in [-0.39, 0.29) is 11.8 Å². The summed E-state index contributed by atoms with van der Waals surface area (Å²) < 4.78 is 0. The van der Waals surface area contributed by atoms with E-state index in [0.29, 0.717) is 21.8 Å². The Bertz CT molecular complexity index is 1010. The van der Waals surface area contributed by atoms with Crippen LogP contribution in [0.2, 0.25) is 5.02 Å². The predicted molar refractivity (Wildman–Crippen MR) is 112 cm³/mol. The molecule has 3 rings (SSSR count). The van der Waals surface area contributed by atoms with Gasteiger partial charge in [0.05, 0.1) is 6.21 Å². The summed E-state index contributed by atoms with van der Waals surface area (Å²) in [5, 5.41) is 7.39. The van der Waals surface area contributed by atoms with Gasteiger partial charge in [0.1, 0.15) is 0 Å². The van der Waals surface area contributed by atoms with E-state index in [4.69, 9.17) is 11.6 Å². The lowest BCUT2D eigenvalue weighted by Crippen LogP contribution is -2.18. The number of benzene rings is 3. The number of rotatable bonds is 5. The Kier molecular flexibility index (Phi) is 6.19. The number of aryl methyl sites for hydroxylation is 1. The number of hydrogen-bond acceptors (Lipinski definition) is 3. The summed E-state index contributed by atoms with van der Waals surface area (Å²) in [6, 6.07) is 21.0. The summed E-state index contributed by atoms with van der Waals surface area (Å²) in [5.74, 6) is -0.537. The zero-order valence-corrected chi connectivity index (χ0v) is 15.9. The minimum Gasteiger partial charge on any atom is -0.322 e. The van der Waals surface area contributed by atoms with Crippen LogP contribution in [0.25, 0.3) is 0 Å². The third-order valence-electron chi connectivity index (χ3n) is 4.04. The number of nitrogens with one attached hydrogen (secondary N) is 2. The Hall–Kier alpha value is -3.44. The van der Waals surface area contributed by atoms with E-state index in [2.05, 4.69) is 15.8 Å². The van der Waals surface area contributed by atoms with Crippen LogP contribution in [-0.2, 0) is 0 Å². The number of halogens is 1. The standard InChI is InChI=1S/C22H18ClN3O2/c1-15-4-2-3-5-20(15)22(28)25-19-12-8-17(9-13-19)21(27)26-24-14-16-6-10-18(23)11-7-16/h2-14H,1H3,(H,25,28)(H,26,27)/b24-14-. The fourth-order valence-electron chi connectivity index (χ4n) is 2.51. The maximum Gasteiger partial charge on any atom is 0.271 e. The third-order valence-corrected chi connectivity index (χ3v) is 4.30. The summed E-state index contributed by atoms with van der Waals surface area (Å²) in [4.78, 5) is 24.5. The Morgan fingerprint density at radius 3 is 2.25 bits per heavy atom. The van der Waals surface area contributed by atoms with Crippen LogP contribution in [0.15, 0.2) is 77.9 Å². The van der Waals surface area contributed by atoms with Crippen molar-refractivity contribution >= 4 is 35.3 Å². The lowest BCUT2D eigenvalue weighted by atomic mass is 10.1. The molecule has 140 valence electrons. The van der Waals surface area contributed by atoms with E-state index < -0.39 is 0 Å². The first-order valence-corrected chi connectivity index (χ1v) is 8.97. The van der Waals surface area contributed by atoms with Crippen molar-refractivity contribution in [3.63, 3.8) is 0 Å². The van der Waals surface area contributed by atoms with Crippen molar-refractivity contribution in [3.8, 4) is 0 Å². The van der Waals surface area contributed by atoms with Gasteiger partial charge in [-0.15, -0.1) is 0 Å². The van der Waals surface area contributed by atoms with Gasteiger partial charge in [-0.25, -0.2) is 5.43 Å². The van der Waals surface area contributed by atoms with Crippen molar-refractivity contribution in [3.05, 3.63) is 100 Å². The molecular formula is C22H18ClN3O2. The molecule has 0 atom stereocenters. The van der Waals surface area contributed by atoms with Crippen molar-refractivity contribution in [2.24, 2.45) is 5.10 Å². The lowest BCUT2D eigenvalue weighted by molar-refractivity contribution is 0.0954. The van der Waals surface area contributed by atoms with Gasteiger partial charge in [-0.1, -0.05) is 41.9 Å². The van der Waals surface area contributed by atoms with E-state index in [9.17, 15) is 9.59 Å². The second-order valence-corrected chi connectivity index (χ2v) is 6.53. The van der Waals surface area contributed by atoms with Gasteiger partial charge >= 0.3 is 0 Å². The Morgan fingerprint density at radius 2 is 1.57 bits per heavy atom. The normalized spacial score (nSPS) is 10.6. The molecular weight excluding hydrogens is 374 g/mol. The number of amides is 2. The van der Waals surface area contributed by atoms with Crippen molar-refractivity contribution in [1.82, 2.24) is 5.43 Å². The van der Waals surface area contributed by atoms with Crippen LogP contribution in [0.5, 0.6) is 0 Å². The first-order chi connectivity index (χ1) is 13.5. The maximum absolute atomic E-state index is 12.3.